The maximum Gasteiger partial charge on any atom is 0.0608 e. The summed E-state index contributed by atoms with van der Waals surface area (Å²) in [5.74, 6) is 5.63. The van der Waals surface area contributed by atoms with Gasteiger partial charge in [0.1, 0.15) is 0 Å². The van der Waals surface area contributed by atoms with E-state index in [1.165, 1.54) is 70.6 Å². The first kappa shape index (κ1) is 21.9. The lowest BCUT2D eigenvalue weighted by molar-refractivity contribution is -0.0601. The number of hydrogen-bond acceptors (Lipinski definition) is 1. The van der Waals surface area contributed by atoms with Crippen molar-refractivity contribution in [3.63, 3.8) is 0 Å². The van der Waals surface area contributed by atoms with Gasteiger partial charge in [-0.25, -0.2) is 0 Å². The Morgan fingerprint density at radius 3 is 2.52 bits per heavy atom. The minimum atomic E-state index is 0.472. The van der Waals surface area contributed by atoms with Crippen LogP contribution < -0.4 is 0 Å². The van der Waals surface area contributed by atoms with Crippen molar-refractivity contribution in [2.45, 2.75) is 111 Å². The Morgan fingerprint density at radius 2 is 1.79 bits per heavy atom. The number of fused-ring (bicyclic) bond motifs is 5. The molecular formula is C28H48O. The van der Waals surface area contributed by atoms with Gasteiger partial charge >= 0.3 is 0 Å². The number of ether oxygens (including phenoxy) is 1. The molecule has 4 aliphatic carbocycles. The summed E-state index contributed by atoms with van der Waals surface area (Å²) in [5, 5.41) is 0. The average Bonchev–Trinajstić information content (AvgIpc) is 3.04. The fourth-order valence-electron chi connectivity index (χ4n) is 8.85. The molecule has 0 spiro atoms. The third-order valence-corrected chi connectivity index (χ3v) is 10.6. The van der Waals surface area contributed by atoms with Gasteiger partial charge in [-0.2, -0.15) is 0 Å². The molecule has 4 aliphatic rings. The summed E-state index contributed by atoms with van der Waals surface area (Å²) in [7, 11) is 1.91. The van der Waals surface area contributed by atoms with Crippen molar-refractivity contribution in [2.75, 3.05) is 7.11 Å². The number of allylic oxidation sites excluding steroid dienone is 1. The lowest BCUT2D eigenvalue weighted by atomic mass is 9.47. The highest BCUT2D eigenvalue weighted by atomic mass is 16.5. The van der Waals surface area contributed by atoms with E-state index in [4.69, 9.17) is 4.74 Å². The van der Waals surface area contributed by atoms with Crippen molar-refractivity contribution in [2.24, 2.45) is 46.3 Å². The fourth-order valence-corrected chi connectivity index (χ4v) is 8.85. The SMILES string of the molecule is CO[C@H]1CC[C@@]2(C)C(=CC[C@H]3[C@@H]4CC[C@H]([C@H](C)CCCC(C)C)[C@@]4(C)CC[C@@H]32)C1. The van der Waals surface area contributed by atoms with E-state index in [1.54, 1.807) is 5.57 Å². The highest BCUT2D eigenvalue weighted by Crippen LogP contribution is 2.67. The molecule has 1 heteroatoms. The quantitative estimate of drug-likeness (QED) is 0.410. The van der Waals surface area contributed by atoms with Crippen molar-refractivity contribution in [3.05, 3.63) is 11.6 Å². The molecule has 0 N–H and O–H groups in total. The van der Waals surface area contributed by atoms with Gasteiger partial charge in [0.25, 0.3) is 0 Å². The second-order valence-electron chi connectivity index (χ2n) is 12.4. The van der Waals surface area contributed by atoms with Gasteiger partial charge in [0.05, 0.1) is 6.10 Å². The molecule has 1 nitrogen and oxygen atoms in total. The number of rotatable bonds is 6. The van der Waals surface area contributed by atoms with Gasteiger partial charge in [-0.1, -0.05) is 65.5 Å². The fraction of sp³-hybridized carbons (Fsp3) is 0.929. The monoisotopic (exact) mass is 400 g/mol. The van der Waals surface area contributed by atoms with Gasteiger partial charge < -0.3 is 4.74 Å². The van der Waals surface area contributed by atoms with Crippen molar-refractivity contribution >= 4 is 0 Å². The summed E-state index contributed by atoms with van der Waals surface area (Å²) in [6.07, 6.45) is 18.7. The first-order chi connectivity index (χ1) is 13.8. The number of methoxy groups -OCH3 is 1. The standard InChI is InChI=1S/C28H48O/c1-19(2)8-7-9-20(3)24-12-13-25-23-11-10-21-18-22(29-6)14-16-27(21,4)26(23)15-17-28(24,25)5/h10,19-20,22-26H,7-9,11-18H2,1-6H3/t20-,22+,23+,24-,25+,26+,27+,28-/m1/s1. The Labute approximate surface area is 181 Å². The van der Waals surface area contributed by atoms with E-state index >= 15 is 0 Å². The average molecular weight is 401 g/mol. The van der Waals surface area contributed by atoms with Crippen LogP contribution in [0, 0.1) is 46.3 Å². The van der Waals surface area contributed by atoms with Crippen LogP contribution in [-0.2, 0) is 4.74 Å². The predicted octanol–water partition coefficient (Wildman–Crippen LogP) is 8.04. The summed E-state index contributed by atoms with van der Waals surface area (Å²) < 4.78 is 5.75. The van der Waals surface area contributed by atoms with E-state index in [9.17, 15) is 0 Å². The smallest absolute Gasteiger partial charge is 0.0608 e. The third kappa shape index (κ3) is 3.77. The zero-order chi connectivity index (χ0) is 20.8. The van der Waals surface area contributed by atoms with E-state index < -0.39 is 0 Å². The molecule has 29 heavy (non-hydrogen) atoms. The normalized spacial score (nSPS) is 45.3. The minimum Gasteiger partial charge on any atom is -0.381 e. The van der Waals surface area contributed by atoms with Crippen LogP contribution in [0.5, 0.6) is 0 Å². The topological polar surface area (TPSA) is 9.23 Å². The Morgan fingerprint density at radius 1 is 1.00 bits per heavy atom. The van der Waals surface area contributed by atoms with Gasteiger partial charge in [-0.3, -0.25) is 0 Å². The molecule has 0 amide bonds. The lowest BCUT2D eigenvalue weighted by Crippen LogP contribution is -2.50. The Balaban J connectivity index is 1.48. The van der Waals surface area contributed by atoms with Crippen LogP contribution in [0.1, 0.15) is 105 Å². The molecule has 0 heterocycles. The maximum atomic E-state index is 5.75. The van der Waals surface area contributed by atoms with Gasteiger partial charge in [0, 0.05) is 7.11 Å². The van der Waals surface area contributed by atoms with E-state index in [2.05, 4.69) is 40.7 Å². The molecule has 0 aromatic heterocycles. The maximum absolute atomic E-state index is 5.75. The van der Waals surface area contributed by atoms with E-state index in [0.29, 0.717) is 16.9 Å². The minimum absolute atomic E-state index is 0.472. The highest BCUT2D eigenvalue weighted by Gasteiger charge is 2.59. The van der Waals surface area contributed by atoms with Crippen LogP contribution in [0.15, 0.2) is 11.6 Å². The van der Waals surface area contributed by atoms with Gasteiger partial charge in [0.2, 0.25) is 0 Å². The number of hydrogen-bond donors (Lipinski definition) is 0. The second kappa shape index (κ2) is 8.33. The first-order valence-electron chi connectivity index (χ1n) is 13.0. The van der Waals surface area contributed by atoms with E-state index in [-0.39, 0.29) is 0 Å². The van der Waals surface area contributed by atoms with Crippen molar-refractivity contribution in [1.82, 2.24) is 0 Å². The predicted molar refractivity (Wildman–Crippen MR) is 124 cm³/mol. The summed E-state index contributed by atoms with van der Waals surface area (Å²) in [5.41, 5.74) is 2.85. The van der Waals surface area contributed by atoms with Crippen LogP contribution in [0.4, 0.5) is 0 Å². The van der Waals surface area contributed by atoms with Crippen molar-refractivity contribution < 1.29 is 4.74 Å². The first-order valence-corrected chi connectivity index (χ1v) is 13.0. The molecule has 3 fully saturated rings. The molecule has 0 aliphatic heterocycles. The van der Waals surface area contributed by atoms with Crippen LogP contribution in [-0.4, -0.2) is 13.2 Å². The van der Waals surface area contributed by atoms with Gasteiger partial charge in [-0.05, 0) is 97.7 Å². The second-order valence-corrected chi connectivity index (χ2v) is 12.4. The van der Waals surface area contributed by atoms with Crippen LogP contribution in [0.3, 0.4) is 0 Å². The molecule has 8 atom stereocenters. The molecule has 0 unspecified atom stereocenters. The van der Waals surface area contributed by atoms with E-state index in [0.717, 1.165) is 35.5 Å². The molecule has 0 bridgehead atoms. The molecule has 0 aromatic carbocycles. The van der Waals surface area contributed by atoms with Gasteiger partial charge in [-0.15, -0.1) is 0 Å². The van der Waals surface area contributed by atoms with Crippen LogP contribution in [0.2, 0.25) is 0 Å². The van der Waals surface area contributed by atoms with Crippen LogP contribution in [0.25, 0.3) is 0 Å². The Bertz CT molecular complexity index is 605. The summed E-state index contributed by atoms with van der Waals surface area (Å²) >= 11 is 0. The largest absolute Gasteiger partial charge is 0.381 e. The van der Waals surface area contributed by atoms with Crippen molar-refractivity contribution in [1.29, 1.82) is 0 Å². The highest BCUT2D eigenvalue weighted by molar-refractivity contribution is 5.25. The van der Waals surface area contributed by atoms with Crippen molar-refractivity contribution in [3.8, 4) is 0 Å². The Kier molecular flexibility index (Phi) is 6.29. The molecule has 3 saturated carbocycles. The summed E-state index contributed by atoms with van der Waals surface area (Å²) in [4.78, 5) is 0. The zero-order valence-corrected chi connectivity index (χ0v) is 20.3. The zero-order valence-electron chi connectivity index (χ0n) is 20.3. The molecule has 0 saturated heterocycles. The summed E-state index contributed by atoms with van der Waals surface area (Å²) in [6, 6.07) is 0. The molecule has 4 rings (SSSR count). The summed E-state index contributed by atoms with van der Waals surface area (Å²) in [6.45, 7) is 12.7. The molecule has 166 valence electrons. The van der Waals surface area contributed by atoms with E-state index in [1.807, 2.05) is 7.11 Å². The Hall–Kier alpha value is -0.300. The molecule has 0 aromatic rings. The van der Waals surface area contributed by atoms with Gasteiger partial charge in [0.15, 0.2) is 0 Å². The lowest BCUT2D eigenvalue weighted by Gasteiger charge is -2.58. The molecular weight excluding hydrogens is 352 g/mol. The third-order valence-electron chi connectivity index (χ3n) is 10.6. The molecule has 0 radical (unpaired) electrons. The van der Waals surface area contributed by atoms with Crippen LogP contribution >= 0.6 is 0 Å².